The lowest BCUT2D eigenvalue weighted by Gasteiger charge is -2.27. The van der Waals surface area contributed by atoms with Crippen molar-refractivity contribution in [1.82, 2.24) is 14.5 Å². The van der Waals surface area contributed by atoms with Gasteiger partial charge >= 0.3 is 5.97 Å². The number of methoxy groups -OCH3 is 1. The second kappa shape index (κ2) is 11.7. The van der Waals surface area contributed by atoms with Crippen molar-refractivity contribution in [3.05, 3.63) is 99.7 Å². The van der Waals surface area contributed by atoms with Crippen LogP contribution in [0.2, 0.25) is 0 Å². The van der Waals surface area contributed by atoms with Crippen LogP contribution in [0.1, 0.15) is 38.6 Å². The Hall–Kier alpha value is -4.66. The highest BCUT2D eigenvalue weighted by Crippen LogP contribution is 2.31. The zero-order valence-corrected chi connectivity index (χ0v) is 23.3. The van der Waals surface area contributed by atoms with Crippen LogP contribution in [0.3, 0.4) is 0 Å². The predicted octanol–water partition coefficient (Wildman–Crippen LogP) is 6.05. The molecule has 6 rings (SSSR count). The maximum absolute atomic E-state index is 15.4. The molecule has 1 aliphatic rings. The molecule has 0 radical (unpaired) electrons. The molecule has 5 aromatic rings. The van der Waals surface area contributed by atoms with Gasteiger partial charge in [0.25, 0.3) is 0 Å². The van der Waals surface area contributed by atoms with E-state index in [0.717, 1.165) is 23.6 Å². The third-order valence-corrected chi connectivity index (χ3v) is 8.04. The average Bonchev–Trinajstić information content (AvgIpc) is 3.53. The summed E-state index contributed by atoms with van der Waals surface area (Å²) in [6.45, 7) is 1.37. The monoisotopic (exact) mass is 586 g/mol. The topological polar surface area (TPSA) is 99.3 Å². The number of thiophene rings is 1. The minimum atomic E-state index is -0.627. The second-order valence-corrected chi connectivity index (χ2v) is 10.8. The number of imidazole rings is 1. The molecule has 0 aliphatic carbocycles. The molecular formula is C31H24F2N4O4S. The van der Waals surface area contributed by atoms with E-state index in [9.17, 15) is 4.79 Å². The van der Waals surface area contributed by atoms with E-state index in [1.165, 1.54) is 24.5 Å². The Balaban J connectivity index is 1.24. The molecule has 0 saturated carbocycles. The van der Waals surface area contributed by atoms with E-state index in [2.05, 4.69) is 16.0 Å². The molecule has 11 heteroatoms. The number of carbonyl (C=O) groups excluding carboxylic acids is 1. The van der Waals surface area contributed by atoms with E-state index in [4.69, 9.17) is 19.5 Å². The van der Waals surface area contributed by atoms with Gasteiger partial charge in [-0.2, -0.15) is 5.26 Å². The summed E-state index contributed by atoms with van der Waals surface area (Å²) in [4.78, 5) is 22.1. The van der Waals surface area contributed by atoms with Gasteiger partial charge in [-0.05, 0) is 53.9 Å². The van der Waals surface area contributed by atoms with E-state index >= 15 is 8.78 Å². The van der Waals surface area contributed by atoms with Gasteiger partial charge in [-0.25, -0.2) is 23.5 Å². The van der Waals surface area contributed by atoms with Gasteiger partial charge < -0.3 is 18.8 Å². The van der Waals surface area contributed by atoms with Crippen molar-refractivity contribution in [3.8, 4) is 23.2 Å². The number of nitriles is 1. The first kappa shape index (κ1) is 27.5. The number of pyridine rings is 1. The standard InChI is InChI=1S/C31H24F2N4O4S/c1-39-31(38)27-14-26-30(42-27)36-28(37(26)16-21-9-10-40-21)12-20-11-24(33)22(13-23(20)32)25-3-2-4-29(35-25)41-17-19-7-5-18(15-34)6-8-19/h2-8,11,13-14,21H,9-10,12,16-17H2,1H3. The molecule has 0 spiro atoms. The first-order valence-electron chi connectivity index (χ1n) is 13.2. The third-order valence-electron chi connectivity index (χ3n) is 7.05. The molecule has 1 aliphatic heterocycles. The number of halogens is 2. The molecule has 4 heterocycles. The van der Waals surface area contributed by atoms with Crippen molar-refractivity contribution in [2.24, 2.45) is 0 Å². The smallest absolute Gasteiger partial charge is 0.348 e. The Bertz CT molecular complexity index is 1820. The van der Waals surface area contributed by atoms with E-state index in [-0.39, 0.29) is 41.8 Å². The normalized spacial score (nSPS) is 14.4. The van der Waals surface area contributed by atoms with Crippen LogP contribution in [0.5, 0.6) is 5.88 Å². The molecule has 1 fully saturated rings. The fourth-order valence-electron chi connectivity index (χ4n) is 4.70. The van der Waals surface area contributed by atoms with Crippen molar-refractivity contribution in [3.63, 3.8) is 0 Å². The molecule has 212 valence electrons. The van der Waals surface area contributed by atoms with E-state index < -0.39 is 17.6 Å². The minimum Gasteiger partial charge on any atom is -0.473 e. The SMILES string of the molecule is COC(=O)c1cc2c(nc(Cc3cc(F)c(-c4cccc(OCc5ccc(C#N)cc5)n4)cc3F)n2CC2CCO2)s1. The quantitative estimate of drug-likeness (QED) is 0.194. The van der Waals surface area contributed by atoms with Gasteiger partial charge in [0.05, 0.1) is 42.6 Å². The second-order valence-electron chi connectivity index (χ2n) is 9.77. The van der Waals surface area contributed by atoms with Crippen molar-refractivity contribution >= 4 is 27.7 Å². The van der Waals surface area contributed by atoms with Crippen LogP contribution in [-0.2, 0) is 29.0 Å². The Labute approximate surface area is 243 Å². The zero-order chi connectivity index (χ0) is 29.2. The van der Waals surface area contributed by atoms with Crippen molar-refractivity contribution in [1.29, 1.82) is 5.26 Å². The van der Waals surface area contributed by atoms with Crippen molar-refractivity contribution < 1.29 is 27.8 Å². The minimum absolute atomic E-state index is 0.00925. The summed E-state index contributed by atoms with van der Waals surface area (Å²) in [6, 6.07) is 17.9. The number of carbonyl (C=O) groups is 1. The van der Waals surface area contributed by atoms with Gasteiger partial charge in [0.2, 0.25) is 5.88 Å². The Morgan fingerprint density at radius 1 is 1.14 bits per heavy atom. The highest BCUT2D eigenvalue weighted by molar-refractivity contribution is 7.20. The Morgan fingerprint density at radius 2 is 1.95 bits per heavy atom. The van der Waals surface area contributed by atoms with Gasteiger partial charge in [0, 0.05) is 24.7 Å². The number of nitrogens with zero attached hydrogens (tertiary/aromatic N) is 4. The number of hydrogen-bond acceptors (Lipinski definition) is 8. The largest absolute Gasteiger partial charge is 0.473 e. The first-order chi connectivity index (χ1) is 20.4. The Kier molecular flexibility index (Phi) is 7.65. The van der Waals surface area contributed by atoms with Crippen LogP contribution in [0.25, 0.3) is 21.6 Å². The van der Waals surface area contributed by atoms with Crippen LogP contribution >= 0.6 is 11.3 Å². The molecule has 1 atom stereocenters. The molecule has 1 saturated heterocycles. The van der Waals surface area contributed by atoms with Gasteiger partial charge in [-0.3, -0.25) is 0 Å². The number of rotatable bonds is 9. The highest BCUT2D eigenvalue weighted by atomic mass is 32.1. The third kappa shape index (κ3) is 5.59. The van der Waals surface area contributed by atoms with Gasteiger partial charge in [0.15, 0.2) is 0 Å². The predicted molar refractivity (Wildman–Crippen MR) is 151 cm³/mol. The summed E-state index contributed by atoms with van der Waals surface area (Å²) in [5.74, 6) is -0.867. The summed E-state index contributed by atoms with van der Waals surface area (Å²) in [5.41, 5.74) is 2.50. The molecule has 1 unspecified atom stereocenters. The average molecular weight is 587 g/mol. The molecule has 0 bridgehead atoms. The number of hydrogen-bond donors (Lipinski definition) is 0. The molecular weight excluding hydrogens is 562 g/mol. The summed E-state index contributed by atoms with van der Waals surface area (Å²) in [7, 11) is 1.32. The van der Waals surface area contributed by atoms with Crippen LogP contribution in [0.15, 0.2) is 60.7 Å². The first-order valence-corrected chi connectivity index (χ1v) is 14.0. The maximum Gasteiger partial charge on any atom is 0.348 e. The van der Waals surface area contributed by atoms with Crippen molar-refractivity contribution in [2.45, 2.75) is 32.1 Å². The van der Waals surface area contributed by atoms with Crippen LogP contribution in [0.4, 0.5) is 8.78 Å². The summed E-state index contributed by atoms with van der Waals surface area (Å²) >= 11 is 1.19. The van der Waals surface area contributed by atoms with E-state index in [1.807, 2.05) is 4.57 Å². The lowest BCUT2D eigenvalue weighted by atomic mass is 10.0. The molecule has 8 nitrogen and oxygen atoms in total. The number of fused-ring (bicyclic) bond motifs is 1. The summed E-state index contributed by atoms with van der Waals surface area (Å²) < 4.78 is 48.9. The lowest BCUT2D eigenvalue weighted by Crippen LogP contribution is -2.31. The van der Waals surface area contributed by atoms with Crippen molar-refractivity contribution in [2.75, 3.05) is 13.7 Å². The molecule has 3 aromatic heterocycles. The van der Waals surface area contributed by atoms with Crippen LogP contribution < -0.4 is 4.74 Å². The molecule has 2 aromatic carbocycles. The molecule has 42 heavy (non-hydrogen) atoms. The van der Waals surface area contributed by atoms with E-state index in [1.54, 1.807) is 48.5 Å². The fourth-order valence-corrected chi connectivity index (χ4v) is 5.67. The zero-order valence-electron chi connectivity index (χ0n) is 22.5. The number of ether oxygens (including phenoxy) is 3. The van der Waals surface area contributed by atoms with Crippen LogP contribution in [-0.4, -0.2) is 40.3 Å². The molecule has 0 amide bonds. The van der Waals surface area contributed by atoms with Gasteiger partial charge in [-0.1, -0.05) is 18.2 Å². The van der Waals surface area contributed by atoms with E-state index in [0.29, 0.717) is 34.2 Å². The van der Waals surface area contributed by atoms with Gasteiger partial charge in [0.1, 0.15) is 33.8 Å². The highest BCUT2D eigenvalue weighted by Gasteiger charge is 2.25. The number of aromatic nitrogens is 3. The summed E-state index contributed by atoms with van der Waals surface area (Å²) in [5, 5.41) is 8.95. The summed E-state index contributed by atoms with van der Waals surface area (Å²) in [6.07, 6.45) is 0.920. The number of benzene rings is 2. The molecule has 0 N–H and O–H groups in total. The van der Waals surface area contributed by atoms with Crippen LogP contribution in [0, 0.1) is 23.0 Å². The Morgan fingerprint density at radius 3 is 2.67 bits per heavy atom. The lowest BCUT2D eigenvalue weighted by molar-refractivity contribution is -0.0589. The maximum atomic E-state index is 15.4. The number of esters is 1. The fraction of sp³-hybridized carbons (Fsp3) is 0.226. The van der Waals surface area contributed by atoms with Gasteiger partial charge in [-0.15, -0.1) is 11.3 Å².